The SMILES string of the molecule is O=P([O-])([O-])[O-].c1ccc(C[N+](c2ccccc2)(c2ccccc2)c2ccccc2)cc1.c1ccc(C[N+](c2ccccc2)(c2ccccc2)c2ccccc2)cc1.c1ccc(C[N+](c2ccccc2)(c2ccccc2)c2ccccc2)cc1. The van der Waals surface area contributed by atoms with Gasteiger partial charge in [-0.25, -0.2) is 13.4 Å². The van der Waals surface area contributed by atoms with E-state index in [9.17, 15) is 0 Å². The smallest absolute Gasteiger partial charge is 0.143 e. The number of hydrogen-bond donors (Lipinski definition) is 0. The molecule has 0 unspecified atom stereocenters. The molecule has 12 rings (SSSR count). The van der Waals surface area contributed by atoms with Gasteiger partial charge in [0.05, 0.1) is 0 Å². The van der Waals surface area contributed by atoms with Gasteiger partial charge in [-0.05, 0) is 109 Å². The highest BCUT2D eigenvalue weighted by atomic mass is 31.2. The van der Waals surface area contributed by atoms with Crippen molar-refractivity contribution in [2.45, 2.75) is 19.6 Å². The van der Waals surface area contributed by atoms with Crippen molar-refractivity contribution in [1.82, 2.24) is 13.4 Å². The second-order valence-corrected chi connectivity index (χ2v) is 20.7. The Morgan fingerprint density at radius 2 is 0.289 bits per heavy atom. The summed E-state index contributed by atoms with van der Waals surface area (Å²) in [6.07, 6.45) is 0. The normalized spacial score (nSPS) is 11.3. The summed E-state index contributed by atoms with van der Waals surface area (Å²) in [5.74, 6) is 0. The van der Waals surface area contributed by atoms with Crippen molar-refractivity contribution in [2.75, 3.05) is 0 Å². The highest BCUT2D eigenvalue weighted by Crippen LogP contribution is 2.48. The Balaban J connectivity index is 0.000000144. The Morgan fingerprint density at radius 3 is 0.398 bits per heavy atom. The Labute approximate surface area is 489 Å². The minimum absolute atomic E-state index is 0.659. The van der Waals surface area contributed by atoms with Crippen LogP contribution in [0.4, 0.5) is 51.2 Å². The molecule has 0 aromatic heterocycles. The van der Waals surface area contributed by atoms with E-state index in [1.807, 2.05) is 0 Å². The van der Waals surface area contributed by atoms with E-state index in [1.54, 1.807) is 0 Å². The molecular weight excluding hydrogens is 1040 g/mol. The van der Waals surface area contributed by atoms with Gasteiger partial charge < -0.3 is 19.2 Å². The Morgan fingerprint density at radius 1 is 0.193 bits per heavy atom. The maximum absolute atomic E-state index is 8.55. The van der Waals surface area contributed by atoms with Gasteiger partial charge in [-0.3, -0.25) is 0 Å². The van der Waals surface area contributed by atoms with Crippen LogP contribution in [0.25, 0.3) is 0 Å². The van der Waals surface area contributed by atoms with E-state index in [-0.39, 0.29) is 0 Å². The van der Waals surface area contributed by atoms with Crippen LogP contribution in [0.2, 0.25) is 0 Å². The summed E-state index contributed by atoms with van der Waals surface area (Å²) in [6, 6.07) is 129. The van der Waals surface area contributed by atoms with Gasteiger partial charge in [0.1, 0.15) is 70.8 Å². The summed E-state index contributed by atoms with van der Waals surface area (Å²) < 4.78 is 10.5. The third-order valence-electron chi connectivity index (χ3n) is 14.6. The molecule has 12 aromatic rings. The van der Waals surface area contributed by atoms with Crippen LogP contribution in [0.5, 0.6) is 0 Å². The molecule has 0 aliphatic carbocycles. The highest BCUT2D eigenvalue weighted by Gasteiger charge is 2.39. The molecule has 0 aliphatic rings. The quantitative estimate of drug-likeness (QED) is 0.0756. The van der Waals surface area contributed by atoms with Crippen molar-refractivity contribution >= 4 is 59.0 Å². The molecule has 0 atom stereocenters. The molecule has 0 N–H and O–H groups in total. The molecule has 0 saturated carbocycles. The lowest BCUT2D eigenvalue weighted by atomic mass is 10.1. The number of rotatable bonds is 15. The van der Waals surface area contributed by atoms with Crippen molar-refractivity contribution in [3.63, 3.8) is 0 Å². The molecule has 0 bridgehead atoms. The predicted molar refractivity (Wildman–Crippen MR) is 339 cm³/mol. The van der Waals surface area contributed by atoms with Crippen molar-refractivity contribution in [3.8, 4) is 0 Å². The molecular formula is C75H66N3O4P. The van der Waals surface area contributed by atoms with Crippen molar-refractivity contribution < 1.29 is 19.2 Å². The first kappa shape index (κ1) is 58.3. The van der Waals surface area contributed by atoms with Gasteiger partial charge in [0, 0.05) is 16.7 Å². The topological polar surface area (TPSA) is 86.2 Å². The molecule has 12 aromatic carbocycles. The second kappa shape index (κ2) is 28.9. The number of quaternary nitrogens is 3. The van der Waals surface area contributed by atoms with E-state index in [0.717, 1.165) is 19.6 Å². The van der Waals surface area contributed by atoms with Crippen LogP contribution in [0.3, 0.4) is 0 Å². The van der Waals surface area contributed by atoms with Crippen LogP contribution in [0.1, 0.15) is 16.7 Å². The van der Waals surface area contributed by atoms with E-state index in [4.69, 9.17) is 19.2 Å². The number of nitrogens with zero attached hydrogens (tertiary/aromatic N) is 3. The second-order valence-electron chi connectivity index (χ2n) is 19.8. The maximum Gasteiger partial charge on any atom is 0.143 e. The van der Waals surface area contributed by atoms with Gasteiger partial charge in [0.2, 0.25) is 0 Å². The summed E-state index contributed by atoms with van der Waals surface area (Å²) in [5.41, 5.74) is 15.3. The molecule has 0 radical (unpaired) electrons. The van der Waals surface area contributed by atoms with Gasteiger partial charge >= 0.3 is 0 Å². The Bertz CT molecular complexity index is 3100. The lowest BCUT2D eigenvalue weighted by Crippen LogP contribution is -2.38. The van der Waals surface area contributed by atoms with Crippen LogP contribution in [0.15, 0.2) is 364 Å². The molecule has 8 heteroatoms. The Hall–Kier alpha value is -9.37. The van der Waals surface area contributed by atoms with Gasteiger partial charge in [0.25, 0.3) is 0 Å². The van der Waals surface area contributed by atoms with E-state index in [1.165, 1.54) is 67.9 Å². The first-order valence-corrected chi connectivity index (χ1v) is 29.1. The molecule has 7 nitrogen and oxygen atoms in total. The van der Waals surface area contributed by atoms with Crippen LogP contribution in [-0.2, 0) is 24.2 Å². The zero-order valence-electron chi connectivity index (χ0n) is 46.2. The highest BCUT2D eigenvalue weighted by molar-refractivity contribution is 7.40. The number of para-hydroxylation sites is 9. The van der Waals surface area contributed by atoms with E-state index in [0.29, 0.717) is 13.4 Å². The Kier molecular flexibility index (Phi) is 20.3. The first-order valence-electron chi connectivity index (χ1n) is 27.7. The van der Waals surface area contributed by atoms with Crippen LogP contribution >= 0.6 is 7.82 Å². The van der Waals surface area contributed by atoms with Crippen LogP contribution in [-0.4, -0.2) is 0 Å². The van der Waals surface area contributed by atoms with Gasteiger partial charge in [-0.2, -0.15) is 7.82 Å². The number of hydrogen-bond acceptors (Lipinski definition) is 4. The van der Waals surface area contributed by atoms with Crippen molar-refractivity contribution in [1.29, 1.82) is 0 Å². The van der Waals surface area contributed by atoms with E-state index < -0.39 is 7.82 Å². The van der Waals surface area contributed by atoms with Gasteiger partial charge in [-0.15, -0.1) is 0 Å². The third kappa shape index (κ3) is 15.0. The lowest BCUT2D eigenvalue weighted by Gasteiger charge is -2.37. The fourth-order valence-electron chi connectivity index (χ4n) is 10.9. The molecule has 410 valence electrons. The fraction of sp³-hybridized carbons (Fsp3) is 0.0400. The standard InChI is InChI=1S/3C25H22N.H3O4P/c3*1-5-13-22(14-6-1)21-26(23-15-7-2-8-16-23,24-17-9-3-10-18-24)25-19-11-4-12-20-25;1-5(2,3)4/h3*1-20H,21H2;(H3,1,2,3,4)/q3*+1;/p-3. The molecule has 83 heavy (non-hydrogen) atoms. The van der Waals surface area contributed by atoms with Crippen LogP contribution < -0.4 is 28.1 Å². The summed E-state index contributed by atoms with van der Waals surface area (Å²) in [6.45, 7) is 2.58. The monoisotopic (exact) mass is 1100 g/mol. The molecule has 0 aliphatic heterocycles. The zero-order valence-corrected chi connectivity index (χ0v) is 47.1. The van der Waals surface area contributed by atoms with Crippen LogP contribution in [0, 0.1) is 0 Å². The summed E-state index contributed by atoms with van der Waals surface area (Å²) in [5, 5.41) is 0. The fourth-order valence-corrected chi connectivity index (χ4v) is 10.9. The third-order valence-corrected chi connectivity index (χ3v) is 14.6. The maximum atomic E-state index is 8.55. The first-order chi connectivity index (χ1) is 40.7. The molecule has 0 spiro atoms. The minimum Gasteiger partial charge on any atom is -0.822 e. The lowest BCUT2D eigenvalue weighted by molar-refractivity contribution is -0.432. The van der Waals surface area contributed by atoms with E-state index >= 15 is 0 Å². The largest absolute Gasteiger partial charge is 0.822 e. The number of benzene rings is 12. The molecule has 0 amide bonds. The van der Waals surface area contributed by atoms with E-state index in [2.05, 4.69) is 364 Å². The van der Waals surface area contributed by atoms with Gasteiger partial charge in [0.15, 0.2) is 0 Å². The van der Waals surface area contributed by atoms with Gasteiger partial charge in [-0.1, -0.05) is 255 Å². The minimum atomic E-state index is -5.39. The summed E-state index contributed by atoms with van der Waals surface area (Å²) in [4.78, 5) is 25.6. The zero-order chi connectivity index (χ0) is 57.5. The summed E-state index contributed by atoms with van der Waals surface area (Å²) in [7, 11) is -5.39. The van der Waals surface area contributed by atoms with Crippen molar-refractivity contribution in [2.24, 2.45) is 0 Å². The molecule has 0 heterocycles. The average Bonchev–Trinajstić information content (AvgIpc) is 3.74. The number of phosphoric acid groups is 1. The predicted octanol–water partition coefficient (Wildman–Crippen LogP) is 17.7. The summed E-state index contributed by atoms with van der Waals surface area (Å²) >= 11 is 0. The molecule has 0 fully saturated rings. The van der Waals surface area contributed by atoms with Crippen molar-refractivity contribution in [3.05, 3.63) is 381 Å². The average molecular weight is 1100 g/mol. The molecule has 0 saturated heterocycles.